The fraction of sp³-hybridized carbons (Fsp3) is 0.409. The third-order valence-electron chi connectivity index (χ3n) is 5.50. The Morgan fingerprint density at radius 3 is 2.66 bits per heavy atom. The summed E-state index contributed by atoms with van der Waals surface area (Å²) in [5.74, 6) is 1.75. The highest BCUT2D eigenvalue weighted by molar-refractivity contribution is 6.31. The molecule has 0 spiro atoms. The predicted octanol–water partition coefficient (Wildman–Crippen LogP) is 3.06. The molecule has 2 aromatic carbocycles. The van der Waals surface area contributed by atoms with E-state index in [1.54, 1.807) is 0 Å². The molecule has 0 radical (unpaired) electrons. The van der Waals surface area contributed by atoms with E-state index >= 15 is 0 Å². The van der Waals surface area contributed by atoms with E-state index in [1.165, 1.54) is 5.56 Å². The predicted molar refractivity (Wildman–Crippen MR) is 112 cm³/mol. The van der Waals surface area contributed by atoms with Crippen LogP contribution in [0.15, 0.2) is 42.5 Å². The van der Waals surface area contributed by atoms with Crippen LogP contribution in [0.4, 0.5) is 0 Å². The van der Waals surface area contributed by atoms with E-state index in [0.29, 0.717) is 13.3 Å². The Hall–Kier alpha value is -2.28. The maximum absolute atomic E-state index is 12.6. The molecule has 1 fully saturated rings. The number of nitrogens with one attached hydrogen (secondary N) is 1. The van der Waals surface area contributed by atoms with Gasteiger partial charge in [0.15, 0.2) is 11.5 Å². The van der Waals surface area contributed by atoms with Gasteiger partial charge in [-0.05, 0) is 36.2 Å². The number of hydrogen-bond acceptors (Lipinski definition) is 5. The van der Waals surface area contributed by atoms with E-state index in [-0.39, 0.29) is 11.9 Å². The zero-order valence-corrected chi connectivity index (χ0v) is 17.3. The average Bonchev–Trinajstić information content (AvgIpc) is 3.20. The molecule has 0 bridgehead atoms. The standard InChI is InChI=1S/C22H26ClN3O3/c1-16(18-4-2-3-5-19(18)23)24-13-22(27)26-10-8-25(9-11-26)14-17-6-7-20-21(12-17)29-15-28-20/h2-7,12,16,24H,8-11,13-15H2,1H3/t16-/m0/s1. The van der Waals surface area contributed by atoms with Crippen LogP contribution in [0.5, 0.6) is 11.5 Å². The fourth-order valence-corrected chi connectivity index (χ4v) is 4.04. The first-order valence-corrected chi connectivity index (χ1v) is 10.3. The number of ether oxygens (including phenoxy) is 2. The van der Waals surface area contributed by atoms with Crippen molar-refractivity contribution < 1.29 is 14.3 Å². The van der Waals surface area contributed by atoms with Crippen LogP contribution in [0.25, 0.3) is 0 Å². The second-order valence-electron chi connectivity index (χ2n) is 7.47. The summed E-state index contributed by atoms with van der Waals surface area (Å²) in [6, 6.07) is 13.8. The highest BCUT2D eigenvalue weighted by Gasteiger charge is 2.22. The largest absolute Gasteiger partial charge is 0.454 e. The number of hydrogen-bond donors (Lipinski definition) is 1. The lowest BCUT2D eigenvalue weighted by Crippen LogP contribution is -2.50. The minimum absolute atomic E-state index is 0.0277. The van der Waals surface area contributed by atoms with E-state index in [0.717, 1.165) is 54.8 Å². The summed E-state index contributed by atoms with van der Waals surface area (Å²) in [5.41, 5.74) is 2.21. The minimum atomic E-state index is 0.0277. The highest BCUT2D eigenvalue weighted by atomic mass is 35.5. The van der Waals surface area contributed by atoms with E-state index in [9.17, 15) is 4.79 Å². The summed E-state index contributed by atoms with van der Waals surface area (Å²) in [4.78, 5) is 16.9. The molecule has 1 saturated heterocycles. The zero-order valence-electron chi connectivity index (χ0n) is 16.6. The monoisotopic (exact) mass is 415 g/mol. The van der Waals surface area contributed by atoms with E-state index < -0.39 is 0 Å². The maximum Gasteiger partial charge on any atom is 0.236 e. The number of benzene rings is 2. The Balaban J connectivity index is 1.23. The number of halogens is 1. The first-order valence-electron chi connectivity index (χ1n) is 9.96. The molecular formula is C22H26ClN3O3. The Morgan fingerprint density at radius 1 is 1.10 bits per heavy atom. The van der Waals surface area contributed by atoms with Crippen molar-refractivity contribution in [3.8, 4) is 11.5 Å². The second-order valence-corrected chi connectivity index (χ2v) is 7.88. The molecule has 2 heterocycles. The lowest BCUT2D eigenvalue weighted by molar-refractivity contribution is -0.132. The lowest BCUT2D eigenvalue weighted by Gasteiger charge is -2.35. The van der Waals surface area contributed by atoms with E-state index in [2.05, 4.69) is 16.3 Å². The van der Waals surface area contributed by atoms with Crippen LogP contribution in [0.2, 0.25) is 5.02 Å². The molecule has 1 atom stereocenters. The number of carbonyl (C=O) groups excluding carboxylic acids is 1. The maximum atomic E-state index is 12.6. The van der Waals surface area contributed by atoms with Crippen molar-refractivity contribution in [2.75, 3.05) is 39.5 Å². The van der Waals surface area contributed by atoms with Crippen LogP contribution in [0, 0.1) is 0 Å². The van der Waals surface area contributed by atoms with Gasteiger partial charge in [-0.25, -0.2) is 0 Å². The molecule has 154 valence electrons. The fourth-order valence-electron chi connectivity index (χ4n) is 3.74. The second kappa shape index (κ2) is 9.03. The van der Waals surface area contributed by atoms with Gasteiger partial charge in [-0.1, -0.05) is 35.9 Å². The molecule has 2 aliphatic heterocycles. The van der Waals surface area contributed by atoms with Crippen LogP contribution in [-0.4, -0.2) is 55.2 Å². The molecule has 1 amide bonds. The van der Waals surface area contributed by atoms with E-state index in [1.807, 2.05) is 48.2 Å². The summed E-state index contributed by atoms with van der Waals surface area (Å²) in [5, 5.41) is 4.02. The average molecular weight is 416 g/mol. The van der Waals surface area contributed by atoms with Crippen LogP contribution in [0.3, 0.4) is 0 Å². The van der Waals surface area contributed by atoms with Crippen molar-refractivity contribution in [3.63, 3.8) is 0 Å². The first-order chi connectivity index (χ1) is 14.1. The summed E-state index contributed by atoms with van der Waals surface area (Å²) in [6.45, 7) is 6.69. The molecule has 29 heavy (non-hydrogen) atoms. The molecule has 0 unspecified atom stereocenters. The van der Waals surface area contributed by atoms with Gasteiger partial charge < -0.3 is 19.7 Å². The summed E-state index contributed by atoms with van der Waals surface area (Å²) in [6.07, 6.45) is 0. The van der Waals surface area contributed by atoms with Gasteiger partial charge in [-0.15, -0.1) is 0 Å². The molecule has 2 aromatic rings. The van der Waals surface area contributed by atoms with Crippen LogP contribution < -0.4 is 14.8 Å². The first kappa shape index (κ1) is 20.0. The summed E-state index contributed by atoms with van der Waals surface area (Å²) < 4.78 is 10.8. The molecule has 1 N–H and O–H groups in total. The van der Waals surface area contributed by atoms with Gasteiger partial charge in [0.1, 0.15) is 0 Å². The molecule has 0 saturated carbocycles. The Morgan fingerprint density at radius 2 is 1.86 bits per heavy atom. The molecule has 6 nitrogen and oxygen atoms in total. The molecular weight excluding hydrogens is 390 g/mol. The summed E-state index contributed by atoms with van der Waals surface area (Å²) in [7, 11) is 0. The smallest absolute Gasteiger partial charge is 0.236 e. The van der Waals surface area contributed by atoms with Crippen molar-refractivity contribution in [1.82, 2.24) is 15.1 Å². The van der Waals surface area contributed by atoms with Gasteiger partial charge in [0.25, 0.3) is 0 Å². The quantitative estimate of drug-likeness (QED) is 0.785. The Labute approximate surface area is 176 Å². The molecule has 0 aromatic heterocycles. The third kappa shape index (κ3) is 4.83. The van der Waals surface area contributed by atoms with Crippen molar-refractivity contribution in [2.45, 2.75) is 19.5 Å². The van der Waals surface area contributed by atoms with Gasteiger partial charge in [0, 0.05) is 43.8 Å². The number of carbonyl (C=O) groups is 1. The molecule has 4 rings (SSSR count). The van der Waals surface area contributed by atoms with Crippen molar-refractivity contribution in [1.29, 1.82) is 0 Å². The Kier molecular flexibility index (Phi) is 6.23. The van der Waals surface area contributed by atoms with E-state index in [4.69, 9.17) is 21.1 Å². The van der Waals surface area contributed by atoms with Gasteiger partial charge in [0.05, 0.1) is 6.54 Å². The summed E-state index contributed by atoms with van der Waals surface area (Å²) >= 11 is 6.24. The van der Waals surface area contributed by atoms with Crippen LogP contribution in [0.1, 0.15) is 24.1 Å². The number of piperazine rings is 1. The van der Waals surface area contributed by atoms with Gasteiger partial charge >= 0.3 is 0 Å². The Bertz CT molecular complexity index is 868. The third-order valence-corrected chi connectivity index (χ3v) is 5.84. The topological polar surface area (TPSA) is 54.0 Å². The molecule has 7 heteroatoms. The number of amides is 1. The van der Waals surface area contributed by atoms with Crippen molar-refractivity contribution in [3.05, 3.63) is 58.6 Å². The number of nitrogens with zero attached hydrogens (tertiary/aromatic N) is 2. The number of fused-ring (bicyclic) bond motifs is 1. The molecule has 2 aliphatic rings. The van der Waals surface area contributed by atoms with Gasteiger partial charge in [-0.2, -0.15) is 0 Å². The van der Waals surface area contributed by atoms with Crippen molar-refractivity contribution in [2.24, 2.45) is 0 Å². The zero-order chi connectivity index (χ0) is 20.2. The number of rotatable bonds is 6. The lowest BCUT2D eigenvalue weighted by atomic mass is 10.1. The minimum Gasteiger partial charge on any atom is -0.454 e. The van der Waals surface area contributed by atoms with Gasteiger partial charge in [0.2, 0.25) is 12.7 Å². The SMILES string of the molecule is C[C@H](NCC(=O)N1CCN(Cc2ccc3c(c2)OCO3)CC1)c1ccccc1Cl. The van der Waals surface area contributed by atoms with Gasteiger partial charge in [-0.3, -0.25) is 9.69 Å². The molecule has 0 aliphatic carbocycles. The van der Waals surface area contributed by atoms with Crippen molar-refractivity contribution >= 4 is 17.5 Å². The van der Waals surface area contributed by atoms with Crippen LogP contribution in [-0.2, 0) is 11.3 Å². The normalized spacial score (nSPS) is 17.4. The van der Waals surface area contributed by atoms with Crippen LogP contribution >= 0.6 is 11.6 Å². The highest BCUT2D eigenvalue weighted by Crippen LogP contribution is 2.32.